The summed E-state index contributed by atoms with van der Waals surface area (Å²) in [5.74, 6) is -0.121. The van der Waals surface area contributed by atoms with Gasteiger partial charge in [0.2, 0.25) is 0 Å². The van der Waals surface area contributed by atoms with Gasteiger partial charge < -0.3 is 15.5 Å². The highest BCUT2D eigenvalue weighted by Crippen LogP contribution is 2.15. The van der Waals surface area contributed by atoms with E-state index in [1.807, 2.05) is 84.1 Å². The van der Waals surface area contributed by atoms with Crippen LogP contribution in [0.25, 0.3) is 10.8 Å². The molecule has 0 aliphatic heterocycles. The molecule has 0 aliphatic carbocycles. The smallest absolute Gasteiger partial charge is 0.251 e. The van der Waals surface area contributed by atoms with Crippen molar-refractivity contribution in [2.45, 2.75) is 47.5 Å². The third-order valence-corrected chi connectivity index (χ3v) is 4.81. The molecule has 2 amide bonds. The number of carbonyl (C=O) groups is 2. The second-order valence-electron chi connectivity index (χ2n) is 7.03. The number of carbonyl (C=O) groups excluding carboxylic acids is 2. The van der Waals surface area contributed by atoms with E-state index in [-0.39, 0.29) is 11.8 Å². The predicted molar refractivity (Wildman–Crippen MR) is 154 cm³/mol. The van der Waals surface area contributed by atoms with Crippen molar-refractivity contribution in [2.24, 2.45) is 0 Å². The van der Waals surface area contributed by atoms with Gasteiger partial charge in [-0.1, -0.05) is 76.8 Å². The molecule has 0 aliphatic rings. The molecule has 2 aromatic carbocycles. The van der Waals surface area contributed by atoms with Crippen LogP contribution in [0.4, 0.5) is 0 Å². The van der Waals surface area contributed by atoms with Crippen molar-refractivity contribution in [3.8, 4) is 0 Å². The van der Waals surface area contributed by atoms with Crippen LogP contribution in [0.15, 0.2) is 79.9 Å². The Morgan fingerprint density at radius 1 is 0.886 bits per heavy atom. The highest BCUT2D eigenvalue weighted by atomic mass is 16.2. The number of nitrogens with one attached hydrogen (secondary N) is 2. The molecule has 0 saturated heterocycles. The number of fused-ring (bicyclic) bond motifs is 1. The van der Waals surface area contributed by atoms with Crippen LogP contribution in [0.3, 0.4) is 0 Å². The summed E-state index contributed by atoms with van der Waals surface area (Å²) in [6, 6.07) is 13.8. The molecular formula is C30H47N3O2. The minimum Gasteiger partial charge on any atom is -0.352 e. The number of nitrogens with zero attached hydrogens (tertiary/aromatic N) is 1. The first-order chi connectivity index (χ1) is 17.0. The zero-order chi connectivity index (χ0) is 27.1. The lowest BCUT2D eigenvalue weighted by atomic mass is 10.1. The predicted octanol–water partition coefficient (Wildman–Crippen LogP) is 6.38. The van der Waals surface area contributed by atoms with E-state index in [0.29, 0.717) is 24.2 Å². The highest BCUT2D eigenvalue weighted by Gasteiger charge is 2.07. The summed E-state index contributed by atoms with van der Waals surface area (Å²) >= 11 is 0. The van der Waals surface area contributed by atoms with Crippen LogP contribution < -0.4 is 10.6 Å². The second kappa shape index (κ2) is 22.6. The first kappa shape index (κ1) is 34.0. The summed E-state index contributed by atoms with van der Waals surface area (Å²) in [5, 5.41) is 8.08. The van der Waals surface area contributed by atoms with Crippen molar-refractivity contribution in [1.29, 1.82) is 0 Å². The van der Waals surface area contributed by atoms with Gasteiger partial charge in [0.25, 0.3) is 11.8 Å². The van der Waals surface area contributed by atoms with Crippen molar-refractivity contribution < 1.29 is 9.59 Å². The van der Waals surface area contributed by atoms with Crippen LogP contribution in [0, 0.1) is 0 Å². The molecule has 194 valence electrons. The van der Waals surface area contributed by atoms with Gasteiger partial charge in [0.1, 0.15) is 0 Å². The van der Waals surface area contributed by atoms with Crippen molar-refractivity contribution in [1.82, 2.24) is 15.5 Å². The standard InChI is InChI=1S/C24H31N3O2.2C2H6.C2H4/c1-4-19(5-2)23(28)25-14-8-16-27(3)17-9-15-26-24(29)22-13-12-20-10-6-7-11-21(20)18-22;3*1-2/h4-7,10-13,18H,1,8-9,14-17H2,2-3H3,(H,25,28)(H,26,29);2*1-2H3;1-2H2/b19-5+;;;. The molecule has 2 aromatic rings. The van der Waals surface area contributed by atoms with Gasteiger partial charge >= 0.3 is 0 Å². The normalized spacial score (nSPS) is 9.97. The van der Waals surface area contributed by atoms with E-state index >= 15 is 0 Å². The number of hydrogen-bond donors (Lipinski definition) is 2. The molecule has 0 spiro atoms. The first-order valence-corrected chi connectivity index (χ1v) is 12.6. The SMILES string of the molecule is C=C.C=C/C(=C\C)C(=O)NCCCN(C)CCCNC(=O)c1ccc2ccccc2c1.CC.CC. The second-order valence-corrected chi connectivity index (χ2v) is 7.03. The van der Waals surface area contributed by atoms with Gasteiger partial charge in [-0.15, -0.1) is 13.2 Å². The molecule has 0 fully saturated rings. The zero-order valence-corrected chi connectivity index (χ0v) is 22.8. The van der Waals surface area contributed by atoms with Gasteiger partial charge in [0.15, 0.2) is 0 Å². The molecule has 5 nitrogen and oxygen atoms in total. The molecule has 2 N–H and O–H groups in total. The van der Waals surface area contributed by atoms with E-state index in [9.17, 15) is 9.59 Å². The van der Waals surface area contributed by atoms with Gasteiger partial charge in [0, 0.05) is 24.2 Å². The van der Waals surface area contributed by atoms with Crippen molar-refractivity contribution >= 4 is 22.6 Å². The van der Waals surface area contributed by atoms with E-state index in [1.54, 1.807) is 12.2 Å². The fourth-order valence-electron chi connectivity index (χ4n) is 3.09. The van der Waals surface area contributed by atoms with E-state index in [2.05, 4.69) is 35.3 Å². The minimum absolute atomic E-state index is 0.0388. The van der Waals surface area contributed by atoms with Gasteiger partial charge in [-0.05, 0) is 62.8 Å². The van der Waals surface area contributed by atoms with E-state index < -0.39 is 0 Å². The molecule has 0 saturated carbocycles. The third kappa shape index (κ3) is 14.0. The molecule has 0 bridgehead atoms. The quantitative estimate of drug-likeness (QED) is 0.169. The molecule has 35 heavy (non-hydrogen) atoms. The van der Waals surface area contributed by atoms with Crippen molar-refractivity contribution in [2.75, 3.05) is 33.2 Å². The van der Waals surface area contributed by atoms with Crippen molar-refractivity contribution in [3.05, 3.63) is 85.5 Å². The van der Waals surface area contributed by atoms with Crippen LogP contribution in [0.1, 0.15) is 57.8 Å². The largest absolute Gasteiger partial charge is 0.352 e. The van der Waals surface area contributed by atoms with Gasteiger partial charge in [-0.3, -0.25) is 9.59 Å². The molecular weight excluding hydrogens is 434 g/mol. The zero-order valence-electron chi connectivity index (χ0n) is 22.8. The van der Waals surface area contributed by atoms with E-state index in [1.165, 1.54) is 0 Å². The Labute approximate surface area is 214 Å². The maximum atomic E-state index is 12.3. The Morgan fingerprint density at radius 2 is 1.43 bits per heavy atom. The molecule has 5 heteroatoms. The Hall–Kier alpha value is -3.18. The van der Waals surface area contributed by atoms with Gasteiger partial charge in [-0.25, -0.2) is 0 Å². The number of rotatable bonds is 11. The van der Waals surface area contributed by atoms with E-state index in [0.717, 1.165) is 36.7 Å². The summed E-state index contributed by atoms with van der Waals surface area (Å²) < 4.78 is 0. The van der Waals surface area contributed by atoms with Crippen molar-refractivity contribution in [3.63, 3.8) is 0 Å². The Kier molecular flexibility index (Phi) is 22.0. The molecule has 0 atom stereocenters. The van der Waals surface area contributed by atoms with Crippen LogP contribution in [0.2, 0.25) is 0 Å². The highest BCUT2D eigenvalue weighted by molar-refractivity contribution is 5.98. The average molecular weight is 482 g/mol. The van der Waals surface area contributed by atoms with Crippen LogP contribution >= 0.6 is 0 Å². The number of allylic oxidation sites excluding steroid dienone is 1. The summed E-state index contributed by atoms with van der Waals surface area (Å²) in [4.78, 5) is 26.4. The molecule has 0 radical (unpaired) electrons. The lowest BCUT2D eigenvalue weighted by molar-refractivity contribution is -0.117. The molecule has 2 rings (SSSR count). The molecule has 0 heterocycles. The summed E-state index contributed by atoms with van der Waals surface area (Å²) in [6.45, 7) is 22.5. The Morgan fingerprint density at radius 3 is 1.97 bits per heavy atom. The van der Waals surface area contributed by atoms with Crippen LogP contribution in [-0.2, 0) is 4.79 Å². The van der Waals surface area contributed by atoms with E-state index in [4.69, 9.17) is 0 Å². The number of amides is 2. The average Bonchev–Trinajstić information content (AvgIpc) is 2.92. The Bertz CT molecular complexity index is 890. The maximum absolute atomic E-state index is 12.3. The van der Waals surface area contributed by atoms with Crippen LogP contribution in [0.5, 0.6) is 0 Å². The number of hydrogen-bond acceptors (Lipinski definition) is 3. The van der Waals surface area contributed by atoms with Gasteiger partial charge in [-0.2, -0.15) is 0 Å². The van der Waals surface area contributed by atoms with Crippen LogP contribution in [-0.4, -0.2) is 49.9 Å². The summed E-state index contributed by atoms with van der Waals surface area (Å²) in [6.07, 6.45) is 5.07. The fraction of sp³-hybridized carbons (Fsp3) is 0.400. The third-order valence-electron chi connectivity index (χ3n) is 4.81. The monoisotopic (exact) mass is 481 g/mol. The lowest BCUT2D eigenvalue weighted by Crippen LogP contribution is -2.31. The fourth-order valence-corrected chi connectivity index (χ4v) is 3.09. The maximum Gasteiger partial charge on any atom is 0.251 e. The summed E-state index contributed by atoms with van der Waals surface area (Å²) in [5.41, 5.74) is 1.29. The number of benzene rings is 2. The molecule has 0 unspecified atom stereocenters. The first-order valence-electron chi connectivity index (χ1n) is 12.6. The topological polar surface area (TPSA) is 61.4 Å². The summed E-state index contributed by atoms with van der Waals surface area (Å²) in [7, 11) is 2.05. The lowest BCUT2D eigenvalue weighted by Gasteiger charge is -2.17. The molecule has 0 aromatic heterocycles. The van der Waals surface area contributed by atoms with Gasteiger partial charge in [0.05, 0.1) is 0 Å². The Balaban J connectivity index is 0. The minimum atomic E-state index is -0.0819.